The number of hydrogen-bond donors (Lipinski definition) is 0. The summed E-state index contributed by atoms with van der Waals surface area (Å²) in [5, 5.41) is 0. The largest absolute Gasteiger partial charge is 0.478 e. The van der Waals surface area contributed by atoms with Crippen LogP contribution in [0, 0.1) is 0 Å². The normalized spacial score (nSPS) is 13.5. The van der Waals surface area contributed by atoms with Gasteiger partial charge in [0.15, 0.2) is 0 Å². The molecule has 1 rings (SSSR count). The third kappa shape index (κ3) is 8.12. The van der Waals surface area contributed by atoms with E-state index in [0.717, 1.165) is 18.6 Å². The molecule has 138 valence electrons. The van der Waals surface area contributed by atoms with E-state index in [1.165, 1.54) is 0 Å². The number of nitrogens with zero attached hydrogens (tertiary/aromatic N) is 2. The molecular weight excluding hydrogens is 367 g/mol. The van der Waals surface area contributed by atoms with Crippen LogP contribution in [0.1, 0.15) is 46.2 Å². The molecule has 0 aliphatic rings. The summed E-state index contributed by atoms with van der Waals surface area (Å²) < 4.78 is 22.6. The van der Waals surface area contributed by atoms with Gasteiger partial charge in [-0.2, -0.15) is 9.97 Å². The summed E-state index contributed by atoms with van der Waals surface area (Å²) in [6, 6.07) is 2.03. The maximum absolute atomic E-state index is 5.95. The van der Waals surface area contributed by atoms with Gasteiger partial charge >= 0.3 is 6.01 Å². The summed E-state index contributed by atoms with van der Waals surface area (Å²) in [5.41, 5.74) is -1.70. The van der Waals surface area contributed by atoms with Crippen molar-refractivity contribution in [2.45, 2.75) is 47.1 Å². The molecule has 0 unspecified atom stereocenters. The fourth-order valence-corrected chi connectivity index (χ4v) is 6.03. The Kier molecular flexibility index (Phi) is 10.9. The highest BCUT2D eigenvalue weighted by molar-refractivity contribution is 8.67. The Morgan fingerprint density at radius 1 is 1.04 bits per heavy atom. The second-order valence-corrected chi connectivity index (χ2v) is 11.2. The maximum Gasteiger partial charge on any atom is 0.320 e. The molecule has 0 fully saturated rings. The lowest BCUT2D eigenvalue weighted by molar-refractivity contribution is 0.244. The lowest BCUT2D eigenvalue weighted by atomic mass is 10.4. The summed E-state index contributed by atoms with van der Waals surface area (Å²) in [5.74, 6) is 1.39. The Morgan fingerprint density at radius 3 is 2.42 bits per heavy atom. The third-order valence-electron chi connectivity index (χ3n) is 2.58. The zero-order chi connectivity index (χ0) is 17.8. The monoisotopic (exact) mass is 394 g/mol. The molecule has 0 bridgehead atoms. The van der Waals surface area contributed by atoms with Crippen molar-refractivity contribution in [3.05, 3.63) is 11.8 Å². The van der Waals surface area contributed by atoms with E-state index in [2.05, 4.69) is 23.8 Å². The van der Waals surface area contributed by atoms with Crippen LogP contribution in [0.4, 0.5) is 0 Å². The molecule has 0 saturated heterocycles. The average Bonchev–Trinajstić information content (AvgIpc) is 2.57. The molecule has 0 spiro atoms. The fourth-order valence-electron chi connectivity index (χ4n) is 1.60. The molecule has 1 aromatic heterocycles. The van der Waals surface area contributed by atoms with Gasteiger partial charge in [-0.3, -0.25) is 0 Å². The van der Waals surface area contributed by atoms with Crippen LogP contribution in [0.3, 0.4) is 0 Å². The summed E-state index contributed by atoms with van der Waals surface area (Å²) in [7, 11) is 0. The van der Waals surface area contributed by atoms with E-state index >= 15 is 0 Å². The van der Waals surface area contributed by atoms with E-state index in [4.69, 9.17) is 30.3 Å². The lowest BCUT2D eigenvalue weighted by Gasteiger charge is -2.21. The molecule has 0 aliphatic heterocycles. The quantitative estimate of drug-likeness (QED) is 0.450. The summed E-state index contributed by atoms with van der Waals surface area (Å²) in [6.07, 6.45) is 1.93. The zero-order valence-corrected chi connectivity index (χ0v) is 17.3. The molecule has 9 heteroatoms. The van der Waals surface area contributed by atoms with Crippen molar-refractivity contribution in [2.24, 2.45) is 0 Å². The standard InChI is InChI=1S/C15H27N2O4PS2/c1-5-9-20-22(23,24-10-6-2)21-12-13-11-14(18-7-3)17-15(16-13)19-8-4/h11H,5-10,12H2,1-4H3/t22-/m0/s1. The van der Waals surface area contributed by atoms with Gasteiger partial charge in [-0.15, -0.1) is 0 Å². The minimum atomic E-state index is -2.37. The van der Waals surface area contributed by atoms with Gasteiger partial charge < -0.3 is 18.5 Å². The Hall–Kier alpha value is -0.400. The first-order valence-corrected chi connectivity index (χ1v) is 12.5. The Bertz CT molecular complexity index is 498. The molecule has 0 amide bonds. The van der Waals surface area contributed by atoms with Crippen molar-refractivity contribution < 1.29 is 18.5 Å². The van der Waals surface area contributed by atoms with Crippen molar-refractivity contribution in [1.82, 2.24) is 9.97 Å². The van der Waals surface area contributed by atoms with Crippen LogP contribution >= 0.6 is 17.1 Å². The molecule has 1 atom stereocenters. The van der Waals surface area contributed by atoms with E-state index in [1.807, 2.05) is 13.8 Å². The molecule has 0 saturated carbocycles. The van der Waals surface area contributed by atoms with Crippen molar-refractivity contribution in [1.29, 1.82) is 0 Å². The first-order chi connectivity index (χ1) is 11.6. The first kappa shape index (κ1) is 21.6. The highest BCUT2D eigenvalue weighted by Crippen LogP contribution is 2.61. The van der Waals surface area contributed by atoms with Crippen molar-refractivity contribution in [3.8, 4) is 11.9 Å². The van der Waals surface area contributed by atoms with E-state index in [1.54, 1.807) is 17.4 Å². The highest BCUT2D eigenvalue weighted by Gasteiger charge is 2.20. The van der Waals surface area contributed by atoms with Crippen molar-refractivity contribution >= 4 is 28.9 Å². The van der Waals surface area contributed by atoms with Crippen LogP contribution in [-0.2, 0) is 27.5 Å². The number of ether oxygens (including phenoxy) is 2. The Morgan fingerprint density at radius 2 is 1.79 bits per heavy atom. The zero-order valence-electron chi connectivity index (χ0n) is 14.8. The van der Waals surface area contributed by atoms with Gasteiger partial charge in [-0.25, -0.2) is 0 Å². The van der Waals surface area contributed by atoms with E-state index < -0.39 is 5.69 Å². The molecule has 1 aromatic rings. The molecular formula is C15H27N2O4PS2. The molecule has 0 N–H and O–H groups in total. The SMILES string of the molecule is CCCO[P@@](=S)(OCc1cc(OCC)nc(OCC)n1)SCCC. The predicted molar refractivity (Wildman–Crippen MR) is 102 cm³/mol. The number of hydrogen-bond acceptors (Lipinski definition) is 8. The third-order valence-corrected chi connectivity index (χ3v) is 8.14. The van der Waals surface area contributed by atoms with Gasteiger partial charge in [-0.1, -0.05) is 25.2 Å². The molecule has 24 heavy (non-hydrogen) atoms. The predicted octanol–water partition coefficient (Wildman–Crippen LogP) is 4.58. The van der Waals surface area contributed by atoms with Gasteiger partial charge in [-0.05, 0) is 38.5 Å². The van der Waals surface area contributed by atoms with Crippen LogP contribution in [0.5, 0.6) is 11.9 Å². The van der Waals surface area contributed by atoms with Crippen LogP contribution in [-0.4, -0.2) is 35.5 Å². The summed E-state index contributed by atoms with van der Waals surface area (Å²) in [4.78, 5) is 8.53. The topological polar surface area (TPSA) is 62.7 Å². The molecule has 6 nitrogen and oxygen atoms in total. The van der Waals surface area contributed by atoms with Crippen LogP contribution < -0.4 is 9.47 Å². The van der Waals surface area contributed by atoms with Gasteiger partial charge in [0.05, 0.1) is 32.1 Å². The van der Waals surface area contributed by atoms with Crippen LogP contribution in [0.15, 0.2) is 6.07 Å². The van der Waals surface area contributed by atoms with Gasteiger partial charge in [0.1, 0.15) is 0 Å². The fraction of sp³-hybridized carbons (Fsp3) is 0.733. The van der Waals surface area contributed by atoms with Gasteiger partial charge in [0.25, 0.3) is 0 Å². The maximum atomic E-state index is 5.95. The first-order valence-electron chi connectivity index (χ1n) is 8.24. The molecule has 1 heterocycles. The molecule has 0 radical (unpaired) electrons. The smallest absolute Gasteiger partial charge is 0.320 e. The Balaban J connectivity index is 2.82. The number of rotatable bonds is 13. The van der Waals surface area contributed by atoms with Crippen LogP contribution in [0.25, 0.3) is 0 Å². The minimum absolute atomic E-state index is 0.250. The number of aromatic nitrogens is 2. The van der Waals surface area contributed by atoms with Crippen molar-refractivity contribution in [3.63, 3.8) is 0 Å². The highest BCUT2D eigenvalue weighted by atomic mass is 32.9. The van der Waals surface area contributed by atoms with Crippen LogP contribution in [0.2, 0.25) is 0 Å². The second-order valence-electron chi connectivity index (χ2n) is 4.73. The lowest BCUT2D eigenvalue weighted by Crippen LogP contribution is -2.05. The molecule has 0 aliphatic carbocycles. The summed E-state index contributed by atoms with van der Waals surface area (Å²) in [6.45, 7) is 9.81. The minimum Gasteiger partial charge on any atom is -0.478 e. The Labute approximate surface area is 154 Å². The average molecular weight is 394 g/mol. The van der Waals surface area contributed by atoms with E-state index in [0.29, 0.717) is 31.4 Å². The van der Waals surface area contributed by atoms with E-state index in [9.17, 15) is 0 Å². The van der Waals surface area contributed by atoms with Crippen molar-refractivity contribution in [2.75, 3.05) is 25.6 Å². The van der Waals surface area contributed by atoms with Gasteiger partial charge in [0.2, 0.25) is 11.6 Å². The van der Waals surface area contributed by atoms with E-state index in [-0.39, 0.29) is 12.6 Å². The molecule has 0 aromatic carbocycles. The van der Waals surface area contributed by atoms with Gasteiger partial charge in [0, 0.05) is 11.8 Å². The second kappa shape index (κ2) is 12.0. The summed E-state index contributed by atoms with van der Waals surface area (Å²) >= 11 is 7.21.